The van der Waals surface area contributed by atoms with Gasteiger partial charge < -0.3 is 5.73 Å². The van der Waals surface area contributed by atoms with Crippen LogP contribution in [0.2, 0.25) is 0 Å². The topological polar surface area (TPSA) is 64.2 Å². The molecule has 4 rings (SSSR count). The van der Waals surface area contributed by atoms with Gasteiger partial charge >= 0.3 is 0 Å². The summed E-state index contributed by atoms with van der Waals surface area (Å²) in [5.74, 6) is -0.654. The number of amides is 1. The summed E-state index contributed by atoms with van der Waals surface area (Å²) in [6, 6.07) is 8.79. The molecule has 3 heterocycles. The molecular weight excluding hydrogens is 387 g/mol. The van der Waals surface area contributed by atoms with Gasteiger partial charge in [0.2, 0.25) is 5.91 Å². The van der Waals surface area contributed by atoms with E-state index in [1.54, 1.807) is 28.2 Å². The Balaban J connectivity index is 1.72. The number of primary amides is 1. The van der Waals surface area contributed by atoms with Crippen molar-refractivity contribution in [2.45, 2.75) is 33.2 Å². The van der Waals surface area contributed by atoms with Gasteiger partial charge in [-0.15, -0.1) is 11.3 Å². The lowest BCUT2D eigenvalue weighted by atomic mass is 9.97. The van der Waals surface area contributed by atoms with Crippen LogP contribution in [0.25, 0.3) is 16.9 Å². The highest BCUT2D eigenvalue weighted by Crippen LogP contribution is 2.33. The van der Waals surface area contributed by atoms with Crippen molar-refractivity contribution in [1.82, 2.24) is 14.7 Å². The van der Waals surface area contributed by atoms with E-state index in [0.29, 0.717) is 18.8 Å². The number of aryl methyl sites for hydroxylation is 2. The van der Waals surface area contributed by atoms with Crippen LogP contribution in [0.15, 0.2) is 36.5 Å². The van der Waals surface area contributed by atoms with Gasteiger partial charge in [-0.1, -0.05) is 12.1 Å². The Morgan fingerprint density at radius 1 is 1.34 bits per heavy atom. The van der Waals surface area contributed by atoms with Crippen LogP contribution in [0.3, 0.4) is 0 Å². The third-order valence-corrected chi connectivity index (χ3v) is 6.45. The number of benzene rings is 1. The summed E-state index contributed by atoms with van der Waals surface area (Å²) in [5, 5.41) is 4.77. The quantitative estimate of drug-likeness (QED) is 0.687. The Bertz CT molecular complexity index is 1040. The van der Waals surface area contributed by atoms with E-state index >= 15 is 0 Å². The molecule has 1 atom stereocenters. The largest absolute Gasteiger partial charge is 0.369 e. The maximum atomic E-state index is 14.4. The van der Waals surface area contributed by atoms with Crippen LogP contribution in [-0.4, -0.2) is 33.7 Å². The lowest BCUT2D eigenvalue weighted by Crippen LogP contribution is -2.40. The first kappa shape index (κ1) is 19.8. The molecule has 5 nitrogen and oxygen atoms in total. The molecule has 1 amide bonds. The number of likely N-dealkylation sites (tertiary alicyclic amines) is 1. The number of carbonyl (C=O) groups is 1. The van der Waals surface area contributed by atoms with Crippen molar-refractivity contribution in [2.75, 3.05) is 13.1 Å². The van der Waals surface area contributed by atoms with Gasteiger partial charge in [-0.3, -0.25) is 9.69 Å². The van der Waals surface area contributed by atoms with Crippen molar-refractivity contribution in [2.24, 2.45) is 11.7 Å². The van der Waals surface area contributed by atoms with Crippen LogP contribution in [0, 0.1) is 25.6 Å². The Labute approximate surface area is 173 Å². The summed E-state index contributed by atoms with van der Waals surface area (Å²) in [6.45, 7) is 6.39. The minimum Gasteiger partial charge on any atom is -0.369 e. The number of halogens is 1. The van der Waals surface area contributed by atoms with Gasteiger partial charge in [-0.2, -0.15) is 5.10 Å². The van der Waals surface area contributed by atoms with Crippen LogP contribution >= 0.6 is 11.3 Å². The summed E-state index contributed by atoms with van der Waals surface area (Å²) in [4.78, 5) is 16.3. The van der Waals surface area contributed by atoms with Crippen LogP contribution in [0.5, 0.6) is 0 Å². The van der Waals surface area contributed by atoms with Crippen LogP contribution < -0.4 is 5.73 Å². The second-order valence-corrected chi connectivity index (χ2v) is 9.16. The molecule has 1 aliphatic rings. The predicted octanol–water partition coefficient (Wildman–Crippen LogP) is 4.05. The van der Waals surface area contributed by atoms with E-state index < -0.39 is 0 Å². The van der Waals surface area contributed by atoms with Crippen molar-refractivity contribution in [3.8, 4) is 16.9 Å². The minimum absolute atomic E-state index is 0.112. The molecule has 0 radical (unpaired) electrons. The van der Waals surface area contributed by atoms with E-state index in [0.717, 1.165) is 36.2 Å². The summed E-state index contributed by atoms with van der Waals surface area (Å²) < 4.78 is 16.0. The molecule has 0 unspecified atom stereocenters. The first-order valence-electron chi connectivity index (χ1n) is 9.85. The number of thiophene rings is 1. The maximum Gasteiger partial charge on any atom is 0.221 e. The van der Waals surface area contributed by atoms with Crippen molar-refractivity contribution >= 4 is 17.2 Å². The van der Waals surface area contributed by atoms with E-state index in [1.807, 2.05) is 12.3 Å². The fourth-order valence-electron chi connectivity index (χ4n) is 4.05. The number of rotatable bonds is 5. The number of nitrogens with two attached hydrogens (primary N) is 1. The number of para-hydroxylation sites is 1. The Kier molecular flexibility index (Phi) is 5.52. The summed E-state index contributed by atoms with van der Waals surface area (Å²) in [6.07, 6.45) is 3.70. The standard InChI is InChI=1S/C22H25FN4OS/c1-14-10-18(15(2)29-14)21-17(12-26-9-5-6-16(11-26)22(24)28)13-27(25-21)20-8-4-3-7-19(20)23/h3-4,7-8,10,13,16H,5-6,9,11-12H2,1-2H3,(H2,24,28)/t16-/m0/s1. The number of nitrogens with zero attached hydrogens (tertiary/aromatic N) is 3. The van der Waals surface area contributed by atoms with E-state index in [1.165, 1.54) is 15.8 Å². The van der Waals surface area contributed by atoms with E-state index in [4.69, 9.17) is 10.8 Å². The number of piperidine rings is 1. The van der Waals surface area contributed by atoms with E-state index in [2.05, 4.69) is 24.8 Å². The van der Waals surface area contributed by atoms with Crippen LogP contribution in [0.4, 0.5) is 4.39 Å². The molecule has 1 aliphatic heterocycles. The van der Waals surface area contributed by atoms with Gasteiger partial charge in [0.05, 0.1) is 11.6 Å². The van der Waals surface area contributed by atoms with Gasteiger partial charge in [-0.25, -0.2) is 9.07 Å². The average molecular weight is 413 g/mol. The lowest BCUT2D eigenvalue weighted by molar-refractivity contribution is -0.123. The fourth-order valence-corrected chi connectivity index (χ4v) is 4.98. The number of carbonyl (C=O) groups excluding carboxylic acids is 1. The zero-order valence-corrected chi connectivity index (χ0v) is 17.5. The molecular formula is C22H25FN4OS. The van der Waals surface area contributed by atoms with E-state index in [-0.39, 0.29) is 17.6 Å². The van der Waals surface area contributed by atoms with Crippen molar-refractivity contribution in [3.05, 3.63) is 57.7 Å². The SMILES string of the molecule is Cc1cc(-c2nn(-c3ccccc3F)cc2CN2CCC[C@H](C(N)=O)C2)c(C)s1. The molecule has 2 aromatic heterocycles. The summed E-state index contributed by atoms with van der Waals surface area (Å²) in [7, 11) is 0. The molecule has 0 aliphatic carbocycles. The smallest absolute Gasteiger partial charge is 0.221 e. The van der Waals surface area contributed by atoms with Crippen LogP contribution in [0.1, 0.15) is 28.2 Å². The molecule has 1 aromatic carbocycles. The van der Waals surface area contributed by atoms with Gasteiger partial charge in [0.15, 0.2) is 0 Å². The Morgan fingerprint density at radius 3 is 2.83 bits per heavy atom. The van der Waals surface area contributed by atoms with Gasteiger partial charge in [-0.05, 0) is 51.4 Å². The normalized spacial score (nSPS) is 17.6. The molecule has 152 valence electrons. The van der Waals surface area contributed by atoms with Crippen LogP contribution in [-0.2, 0) is 11.3 Å². The molecule has 0 bridgehead atoms. The second-order valence-electron chi connectivity index (χ2n) is 7.70. The minimum atomic E-state index is -0.307. The third kappa shape index (κ3) is 4.11. The maximum absolute atomic E-state index is 14.4. The fraction of sp³-hybridized carbons (Fsp3) is 0.364. The molecule has 2 N–H and O–H groups in total. The summed E-state index contributed by atoms with van der Waals surface area (Å²) in [5.41, 5.74) is 8.95. The highest BCUT2D eigenvalue weighted by atomic mass is 32.1. The second kappa shape index (κ2) is 8.08. The molecule has 0 spiro atoms. The first-order chi connectivity index (χ1) is 13.9. The molecule has 0 saturated carbocycles. The molecule has 3 aromatic rings. The van der Waals surface area contributed by atoms with Crippen molar-refractivity contribution in [3.63, 3.8) is 0 Å². The zero-order valence-electron chi connectivity index (χ0n) is 16.7. The number of hydrogen-bond donors (Lipinski definition) is 1. The van der Waals surface area contributed by atoms with Crippen molar-refractivity contribution in [1.29, 1.82) is 0 Å². The lowest BCUT2D eigenvalue weighted by Gasteiger charge is -2.30. The highest BCUT2D eigenvalue weighted by Gasteiger charge is 2.26. The van der Waals surface area contributed by atoms with E-state index in [9.17, 15) is 9.18 Å². The number of hydrogen-bond acceptors (Lipinski definition) is 4. The zero-order chi connectivity index (χ0) is 20.5. The molecule has 7 heteroatoms. The van der Waals surface area contributed by atoms with Gasteiger partial charge in [0.25, 0.3) is 0 Å². The summed E-state index contributed by atoms with van der Waals surface area (Å²) >= 11 is 1.73. The molecule has 1 fully saturated rings. The highest BCUT2D eigenvalue weighted by molar-refractivity contribution is 7.12. The average Bonchev–Trinajstić information content (AvgIpc) is 3.24. The first-order valence-corrected chi connectivity index (χ1v) is 10.7. The third-order valence-electron chi connectivity index (χ3n) is 5.49. The Morgan fingerprint density at radius 2 is 2.14 bits per heavy atom. The number of aromatic nitrogens is 2. The van der Waals surface area contributed by atoms with Gasteiger partial charge in [0, 0.05) is 40.2 Å². The molecule has 1 saturated heterocycles. The predicted molar refractivity (Wildman–Crippen MR) is 114 cm³/mol. The molecule has 29 heavy (non-hydrogen) atoms. The monoisotopic (exact) mass is 412 g/mol. The van der Waals surface area contributed by atoms with Crippen molar-refractivity contribution < 1.29 is 9.18 Å². The van der Waals surface area contributed by atoms with Gasteiger partial charge in [0.1, 0.15) is 11.5 Å². The Hall–Kier alpha value is -2.51.